The molecule has 0 amide bonds. The van der Waals surface area contributed by atoms with Gasteiger partial charge in [0.1, 0.15) is 11.7 Å². The van der Waals surface area contributed by atoms with Crippen molar-refractivity contribution < 1.29 is 13.2 Å². The molecule has 4 heteroatoms. The predicted molar refractivity (Wildman–Crippen MR) is 38.0 cm³/mol. The first kappa shape index (κ1) is 10.5. The average Bonchev–Trinajstić information content (AvgIpc) is 2.00. The molecule has 0 bridgehead atoms. The first-order chi connectivity index (χ1) is 5.00. The molecule has 0 aromatic heterocycles. The van der Waals surface area contributed by atoms with Crippen molar-refractivity contribution in [3.05, 3.63) is 11.7 Å². The maximum atomic E-state index is 12.6. The summed E-state index contributed by atoms with van der Waals surface area (Å²) >= 11 is 0. The molecule has 0 aliphatic heterocycles. The van der Waals surface area contributed by atoms with Crippen LogP contribution in [0.1, 0.15) is 13.8 Å². The van der Waals surface area contributed by atoms with Crippen LogP contribution >= 0.6 is 0 Å². The lowest BCUT2D eigenvalue weighted by atomic mass is 10.1. The van der Waals surface area contributed by atoms with Crippen molar-refractivity contribution in [2.75, 3.05) is 7.05 Å². The lowest BCUT2D eigenvalue weighted by Crippen LogP contribution is -2.27. The van der Waals surface area contributed by atoms with Crippen molar-refractivity contribution in [2.45, 2.75) is 20.1 Å². The molecule has 1 nitrogen and oxygen atoms in total. The highest BCUT2D eigenvalue weighted by molar-refractivity contribution is 5.01. The van der Waals surface area contributed by atoms with Crippen LogP contribution in [0.2, 0.25) is 0 Å². The Morgan fingerprint density at radius 2 is 1.82 bits per heavy atom. The fraction of sp³-hybridized carbons (Fsp3) is 0.714. The first-order valence-corrected chi connectivity index (χ1v) is 3.33. The van der Waals surface area contributed by atoms with Gasteiger partial charge in [-0.15, -0.1) is 0 Å². The molecule has 66 valence electrons. The summed E-state index contributed by atoms with van der Waals surface area (Å²) in [5, 5.41) is 2.19. The van der Waals surface area contributed by atoms with Gasteiger partial charge in [-0.25, -0.2) is 13.2 Å². The van der Waals surface area contributed by atoms with Crippen molar-refractivity contribution >= 4 is 0 Å². The van der Waals surface area contributed by atoms with E-state index in [1.54, 1.807) is 0 Å². The molecule has 0 fully saturated rings. The van der Waals surface area contributed by atoms with Gasteiger partial charge in [0.05, 0.1) is 5.92 Å². The molecule has 1 unspecified atom stereocenters. The molecule has 0 rings (SSSR count). The summed E-state index contributed by atoms with van der Waals surface area (Å²) in [6, 6.07) is 0. The second-order valence-electron chi connectivity index (χ2n) is 2.36. The average molecular weight is 167 g/mol. The normalized spacial score (nSPS) is 19.1. The molecule has 1 N–H and O–H groups in total. The standard InChI is InChI=1S/C7H12F3N/c1-4(7(10)11-3)6(9)5(2)8/h4,7,11H,1-3H3/b6-5-/t4-,7?/m1/s1. The van der Waals surface area contributed by atoms with Gasteiger partial charge in [-0.1, -0.05) is 6.92 Å². The van der Waals surface area contributed by atoms with Crippen LogP contribution in [0, 0.1) is 5.92 Å². The number of hydrogen-bond donors (Lipinski definition) is 1. The summed E-state index contributed by atoms with van der Waals surface area (Å²) < 4.78 is 37.3. The van der Waals surface area contributed by atoms with Crippen LogP contribution in [0.4, 0.5) is 13.2 Å². The van der Waals surface area contributed by atoms with Crippen LogP contribution in [0.15, 0.2) is 11.7 Å². The highest BCUT2D eigenvalue weighted by atomic mass is 19.2. The third-order valence-electron chi connectivity index (χ3n) is 1.44. The smallest absolute Gasteiger partial charge is 0.159 e. The van der Waals surface area contributed by atoms with Gasteiger partial charge < -0.3 is 0 Å². The van der Waals surface area contributed by atoms with E-state index in [4.69, 9.17) is 0 Å². The van der Waals surface area contributed by atoms with Crippen molar-refractivity contribution in [1.29, 1.82) is 0 Å². The van der Waals surface area contributed by atoms with Crippen LogP contribution in [0.5, 0.6) is 0 Å². The van der Waals surface area contributed by atoms with E-state index in [9.17, 15) is 13.2 Å². The van der Waals surface area contributed by atoms with Gasteiger partial charge in [0.2, 0.25) is 0 Å². The summed E-state index contributed by atoms with van der Waals surface area (Å²) in [6.45, 7) is 2.24. The molecule has 0 saturated heterocycles. The van der Waals surface area contributed by atoms with Crippen LogP contribution in [-0.4, -0.2) is 13.3 Å². The van der Waals surface area contributed by atoms with E-state index in [-0.39, 0.29) is 0 Å². The zero-order valence-electron chi connectivity index (χ0n) is 6.79. The van der Waals surface area contributed by atoms with Gasteiger partial charge in [-0.3, -0.25) is 5.32 Å². The largest absolute Gasteiger partial charge is 0.290 e. The Morgan fingerprint density at radius 1 is 1.36 bits per heavy atom. The quantitative estimate of drug-likeness (QED) is 0.636. The third-order valence-corrected chi connectivity index (χ3v) is 1.44. The molecule has 0 aromatic rings. The van der Waals surface area contributed by atoms with Crippen LogP contribution in [0.25, 0.3) is 0 Å². The maximum absolute atomic E-state index is 12.6. The third kappa shape index (κ3) is 2.93. The van der Waals surface area contributed by atoms with E-state index in [1.165, 1.54) is 14.0 Å². The molecule has 2 atom stereocenters. The summed E-state index contributed by atoms with van der Waals surface area (Å²) in [5.74, 6) is -3.06. The summed E-state index contributed by atoms with van der Waals surface area (Å²) in [6.07, 6.45) is -1.54. The number of alkyl halides is 1. The monoisotopic (exact) mass is 167 g/mol. The number of rotatable bonds is 3. The number of allylic oxidation sites excluding steroid dienone is 1. The second-order valence-corrected chi connectivity index (χ2v) is 2.36. The Hall–Kier alpha value is -0.510. The topological polar surface area (TPSA) is 12.0 Å². The Labute approximate surface area is 64.3 Å². The van der Waals surface area contributed by atoms with Crippen LogP contribution in [-0.2, 0) is 0 Å². The van der Waals surface area contributed by atoms with Gasteiger partial charge in [0.15, 0.2) is 6.30 Å². The van der Waals surface area contributed by atoms with E-state index in [2.05, 4.69) is 5.32 Å². The van der Waals surface area contributed by atoms with Crippen LogP contribution in [0.3, 0.4) is 0 Å². The van der Waals surface area contributed by atoms with Gasteiger partial charge in [0, 0.05) is 0 Å². The molecule has 0 heterocycles. The molecule has 0 saturated carbocycles. The molecule has 0 aliphatic rings. The second kappa shape index (κ2) is 4.38. The van der Waals surface area contributed by atoms with E-state index >= 15 is 0 Å². The van der Waals surface area contributed by atoms with E-state index in [0.717, 1.165) is 6.92 Å². The maximum Gasteiger partial charge on any atom is 0.159 e. The van der Waals surface area contributed by atoms with Gasteiger partial charge in [-0.05, 0) is 14.0 Å². The fourth-order valence-electron chi connectivity index (χ4n) is 0.692. The Balaban J connectivity index is 4.24. The Kier molecular flexibility index (Phi) is 4.18. The minimum atomic E-state index is -1.54. The van der Waals surface area contributed by atoms with E-state index in [1.807, 2.05) is 0 Å². The molecule has 0 spiro atoms. The molecule has 11 heavy (non-hydrogen) atoms. The number of halogens is 3. The summed E-state index contributed by atoms with van der Waals surface area (Å²) in [4.78, 5) is 0. The number of hydrogen-bond acceptors (Lipinski definition) is 1. The fourth-order valence-corrected chi connectivity index (χ4v) is 0.692. The molecule has 0 radical (unpaired) electrons. The van der Waals surface area contributed by atoms with Crippen molar-refractivity contribution in [1.82, 2.24) is 5.32 Å². The summed E-state index contributed by atoms with van der Waals surface area (Å²) in [5.41, 5.74) is 0. The van der Waals surface area contributed by atoms with Crippen LogP contribution < -0.4 is 5.32 Å². The first-order valence-electron chi connectivity index (χ1n) is 3.33. The van der Waals surface area contributed by atoms with Gasteiger partial charge in [-0.2, -0.15) is 0 Å². The molecular formula is C7H12F3N. The van der Waals surface area contributed by atoms with E-state index < -0.39 is 23.9 Å². The van der Waals surface area contributed by atoms with Crippen molar-refractivity contribution in [3.63, 3.8) is 0 Å². The summed E-state index contributed by atoms with van der Waals surface area (Å²) in [7, 11) is 1.35. The Bertz CT molecular complexity index is 152. The van der Waals surface area contributed by atoms with Gasteiger partial charge in [0.25, 0.3) is 0 Å². The highest BCUT2D eigenvalue weighted by Crippen LogP contribution is 2.21. The number of nitrogens with one attached hydrogen (secondary N) is 1. The SMILES string of the molecule is CNC(F)[C@H](C)/C(F)=C(\C)F. The molecular weight excluding hydrogens is 155 g/mol. The zero-order valence-corrected chi connectivity index (χ0v) is 6.79. The lowest BCUT2D eigenvalue weighted by Gasteiger charge is -2.13. The minimum Gasteiger partial charge on any atom is -0.290 e. The molecule has 0 aliphatic carbocycles. The minimum absolute atomic E-state index is 0.963. The molecule has 0 aromatic carbocycles. The predicted octanol–water partition coefficient (Wildman–Crippen LogP) is 2.31. The highest BCUT2D eigenvalue weighted by Gasteiger charge is 2.20. The van der Waals surface area contributed by atoms with Crippen molar-refractivity contribution in [3.8, 4) is 0 Å². The Morgan fingerprint density at radius 3 is 2.09 bits per heavy atom. The lowest BCUT2D eigenvalue weighted by molar-refractivity contribution is 0.205. The zero-order chi connectivity index (χ0) is 9.02. The van der Waals surface area contributed by atoms with E-state index in [0.29, 0.717) is 0 Å². The van der Waals surface area contributed by atoms with Gasteiger partial charge >= 0.3 is 0 Å². The van der Waals surface area contributed by atoms with Crippen molar-refractivity contribution in [2.24, 2.45) is 5.92 Å².